The molecule has 0 unspecified atom stereocenters. The summed E-state index contributed by atoms with van der Waals surface area (Å²) in [5, 5.41) is 0. The van der Waals surface area contributed by atoms with Crippen LogP contribution in [0.1, 0.15) is 22.3 Å². The van der Waals surface area contributed by atoms with E-state index in [1.54, 1.807) is 0 Å². The number of rotatable bonds is 0. The molecule has 252 valence electrons. The average molecular weight is 661 g/mol. The van der Waals surface area contributed by atoms with E-state index < -0.39 is 0 Å². The maximum absolute atomic E-state index is 6.38. The van der Waals surface area contributed by atoms with Crippen molar-refractivity contribution in [2.24, 2.45) is 0 Å². The van der Waals surface area contributed by atoms with Crippen molar-refractivity contribution in [2.75, 3.05) is 52.9 Å². The van der Waals surface area contributed by atoms with Crippen molar-refractivity contribution >= 4 is 22.2 Å². The molecule has 10 rings (SSSR count). The van der Waals surface area contributed by atoms with Crippen molar-refractivity contribution < 1.29 is 32.5 Å². The summed E-state index contributed by atoms with van der Waals surface area (Å²) < 4.78 is 41.4. The quantitative estimate of drug-likeness (QED) is 0.150. The number of hydrogen-bond donors (Lipinski definition) is 0. The second kappa shape index (κ2) is 15.1. The monoisotopic (exact) mass is 660 g/mol. The number of hydrogen-bond acceptors (Lipinski definition) is 9. The maximum atomic E-state index is 6.38. The summed E-state index contributed by atoms with van der Waals surface area (Å²) in [5.41, 5.74) is 10.3. The summed E-state index contributed by atoms with van der Waals surface area (Å²) in [6, 6.07) is 23.9. The highest BCUT2D eigenvalue weighted by Gasteiger charge is 2.17. The van der Waals surface area contributed by atoms with E-state index in [-0.39, 0.29) is 0 Å². The van der Waals surface area contributed by atoms with Crippen LogP contribution < -0.4 is 9.47 Å². The number of aromatic nitrogens is 2. The lowest BCUT2D eigenvalue weighted by atomic mass is 9.97. The van der Waals surface area contributed by atoms with Gasteiger partial charge in [-0.3, -0.25) is 0 Å². The Morgan fingerprint density at radius 2 is 0.898 bits per heavy atom. The van der Waals surface area contributed by atoms with Crippen LogP contribution in [0.15, 0.2) is 93.8 Å². The van der Waals surface area contributed by atoms with Crippen LogP contribution in [-0.2, 0) is 27.1 Å². The maximum Gasteiger partial charge on any atom is 0.227 e. The van der Waals surface area contributed by atoms with Crippen LogP contribution in [0, 0.1) is 13.8 Å². The van der Waals surface area contributed by atoms with Gasteiger partial charge in [0.15, 0.2) is 11.2 Å². The fourth-order valence-corrected chi connectivity index (χ4v) is 5.99. The molecule has 6 heterocycles. The molecule has 0 radical (unpaired) electrons. The topological polar surface area (TPSA) is 98.2 Å². The lowest BCUT2D eigenvalue weighted by molar-refractivity contribution is 0.00499. The summed E-state index contributed by atoms with van der Waals surface area (Å²) in [5.74, 6) is 2.63. The molecule has 9 nitrogen and oxygen atoms in total. The lowest BCUT2D eigenvalue weighted by Crippen LogP contribution is -2.14. The second-order valence-electron chi connectivity index (χ2n) is 12.3. The number of benzene rings is 4. The smallest absolute Gasteiger partial charge is 0.227 e. The fraction of sp³-hybridized carbons (Fsp3) is 0.300. The van der Waals surface area contributed by atoms with E-state index in [0.717, 1.165) is 72.7 Å². The van der Waals surface area contributed by atoms with E-state index in [4.69, 9.17) is 42.5 Å². The van der Waals surface area contributed by atoms with E-state index >= 15 is 0 Å². The Kier molecular flexibility index (Phi) is 10.0. The van der Waals surface area contributed by atoms with Gasteiger partial charge in [0.05, 0.1) is 39.6 Å². The van der Waals surface area contributed by atoms with Gasteiger partial charge < -0.3 is 32.5 Å². The highest BCUT2D eigenvalue weighted by molar-refractivity contribution is 5.82. The molecule has 4 aromatic carbocycles. The zero-order chi connectivity index (χ0) is 33.6. The standard InChI is InChI=1S/C40H40N2O7/c1-26-20-31-22-27(2)24-35-37(31)48-39(41-35)29-4-8-33(9-5-29)46-18-16-44-14-12-43-13-15-45-17-19-47-34-10-6-30(7-11-34)40-42-36-25-28(3)23-32(21-26)38(36)49-40/h4-11,22-25H,1,12-21H2,2-3H3. The SMILES string of the molecule is C=C1Cc2cc(C)cc3nc(oc23)-c2ccc(cc2)OCCOCCOCCOCCOc2ccc(cc2)-c2nc3cc(C)cc(c3o2)C1. The molecule has 0 fully saturated rings. The van der Waals surface area contributed by atoms with Crippen molar-refractivity contribution in [3.8, 4) is 34.4 Å². The van der Waals surface area contributed by atoms with Crippen molar-refractivity contribution in [3.63, 3.8) is 0 Å². The third-order valence-electron chi connectivity index (χ3n) is 8.24. The summed E-state index contributed by atoms with van der Waals surface area (Å²) in [6.07, 6.45) is 1.27. The first-order chi connectivity index (χ1) is 24.0. The van der Waals surface area contributed by atoms with Gasteiger partial charge in [-0.05, 0) is 98.5 Å². The van der Waals surface area contributed by atoms with Crippen LogP contribution in [0.5, 0.6) is 11.5 Å². The predicted molar refractivity (Wildman–Crippen MR) is 188 cm³/mol. The molecular weight excluding hydrogens is 620 g/mol. The van der Waals surface area contributed by atoms with Crippen LogP contribution >= 0.6 is 0 Å². The van der Waals surface area contributed by atoms with Gasteiger partial charge >= 0.3 is 0 Å². The van der Waals surface area contributed by atoms with Crippen molar-refractivity contribution in [1.29, 1.82) is 0 Å². The summed E-state index contributed by atoms with van der Waals surface area (Å²) in [4.78, 5) is 9.68. The Hall–Kier alpha value is -4.96. The second-order valence-corrected chi connectivity index (χ2v) is 12.3. The molecule has 8 bridgehead atoms. The molecule has 4 aliphatic rings. The number of ether oxygens (including phenoxy) is 5. The predicted octanol–water partition coefficient (Wildman–Crippen LogP) is 8.08. The molecule has 0 saturated carbocycles. The van der Waals surface area contributed by atoms with E-state index in [1.165, 1.54) is 0 Å². The molecule has 49 heavy (non-hydrogen) atoms. The molecule has 0 atom stereocenters. The molecule has 9 heteroatoms. The first-order valence-electron chi connectivity index (χ1n) is 16.6. The highest BCUT2D eigenvalue weighted by Crippen LogP contribution is 2.33. The van der Waals surface area contributed by atoms with Crippen molar-refractivity contribution in [3.05, 3.63) is 107 Å². The van der Waals surface area contributed by atoms with Crippen LogP contribution in [0.25, 0.3) is 45.1 Å². The van der Waals surface area contributed by atoms with Gasteiger partial charge in [-0.15, -0.1) is 0 Å². The van der Waals surface area contributed by atoms with Crippen molar-refractivity contribution in [2.45, 2.75) is 26.7 Å². The molecule has 0 aliphatic carbocycles. The molecule has 0 N–H and O–H groups in total. The van der Waals surface area contributed by atoms with Gasteiger partial charge in [0.25, 0.3) is 0 Å². The molecule has 2 aromatic heterocycles. The molecular formula is C40H40N2O7. The summed E-state index contributed by atoms with van der Waals surface area (Å²) in [7, 11) is 0. The molecule has 0 amide bonds. The Morgan fingerprint density at radius 3 is 1.31 bits per heavy atom. The van der Waals surface area contributed by atoms with Gasteiger partial charge in [0.1, 0.15) is 35.7 Å². The Bertz CT molecular complexity index is 1900. The van der Waals surface area contributed by atoms with Gasteiger partial charge in [0.2, 0.25) is 11.8 Å². The summed E-state index contributed by atoms with van der Waals surface area (Å²) >= 11 is 0. The molecule has 0 spiro atoms. The largest absolute Gasteiger partial charge is 0.491 e. The Morgan fingerprint density at radius 1 is 0.510 bits per heavy atom. The minimum Gasteiger partial charge on any atom is -0.491 e. The normalized spacial score (nSPS) is 15.7. The Labute approximate surface area is 285 Å². The zero-order valence-electron chi connectivity index (χ0n) is 28.0. The first kappa shape index (κ1) is 32.6. The van der Waals surface area contributed by atoms with Crippen molar-refractivity contribution in [1.82, 2.24) is 9.97 Å². The zero-order valence-corrected chi connectivity index (χ0v) is 28.0. The van der Waals surface area contributed by atoms with Crippen LogP contribution in [0.3, 0.4) is 0 Å². The first-order valence-corrected chi connectivity index (χ1v) is 16.6. The van der Waals surface area contributed by atoms with E-state index in [2.05, 4.69) is 44.7 Å². The minimum atomic E-state index is 0.437. The van der Waals surface area contributed by atoms with Crippen LogP contribution in [-0.4, -0.2) is 62.8 Å². The van der Waals surface area contributed by atoms with Gasteiger partial charge in [-0.1, -0.05) is 24.3 Å². The fourth-order valence-electron chi connectivity index (χ4n) is 5.99. The van der Waals surface area contributed by atoms with Gasteiger partial charge in [0, 0.05) is 22.3 Å². The van der Waals surface area contributed by atoms with Crippen LogP contribution in [0.4, 0.5) is 0 Å². The van der Waals surface area contributed by atoms with E-state index in [0.29, 0.717) is 77.5 Å². The molecule has 4 aliphatic heterocycles. The number of allylic oxidation sites excluding steroid dienone is 1. The van der Waals surface area contributed by atoms with Gasteiger partial charge in [-0.25, -0.2) is 9.97 Å². The third kappa shape index (κ3) is 8.03. The van der Waals surface area contributed by atoms with E-state index in [9.17, 15) is 0 Å². The molecule has 0 saturated heterocycles. The lowest BCUT2D eigenvalue weighted by Gasteiger charge is -2.09. The van der Waals surface area contributed by atoms with Gasteiger partial charge in [-0.2, -0.15) is 0 Å². The third-order valence-corrected chi connectivity index (χ3v) is 8.24. The minimum absolute atomic E-state index is 0.437. The highest BCUT2D eigenvalue weighted by atomic mass is 16.6. The Balaban J connectivity index is 1.14. The number of nitrogens with zero attached hydrogens (tertiary/aromatic N) is 2. The average Bonchev–Trinajstić information content (AvgIpc) is 3.72. The van der Waals surface area contributed by atoms with Crippen LogP contribution in [0.2, 0.25) is 0 Å². The van der Waals surface area contributed by atoms with E-state index in [1.807, 2.05) is 48.5 Å². The molecule has 6 aromatic rings. The number of aryl methyl sites for hydroxylation is 2. The summed E-state index contributed by atoms with van der Waals surface area (Å²) in [6.45, 7) is 12.4. The number of oxazole rings is 2.